The van der Waals surface area contributed by atoms with E-state index in [0.717, 1.165) is 10.3 Å². The predicted octanol–water partition coefficient (Wildman–Crippen LogP) is 6.01. The maximum absolute atomic E-state index is 12.5. The first-order valence-electron chi connectivity index (χ1n) is 8.92. The molecule has 0 bridgehead atoms. The second-order valence-corrected chi connectivity index (χ2v) is 7.13. The molecule has 0 atom stereocenters. The van der Waals surface area contributed by atoms with E-state index in [4.69, 9.17) is 9.15 Å². The zero-order valence-corrected chi connectivity index (χ0v) is 16.1. The lowest BCUT2D eigenvalue weighted by molar-refractivity contribution is -0.128. The minimum atomic E-state index is -0.483. The van der Waals surface area contributed by atoms with Gasteiger partial charge in [-0.15, -0.1) is 11.3 Å². The fraction of sp³-hybridized carbons (Fsp3) is 0. The Bertz CT molecular complexity index is 1180. The fourth-order valence-electron chi connectivity index (χ4n) is 2.74. The molecule has 5 heteroatoms. The van der Waals surface area contributed by atoms with E-state index in [1.165, 1.54) is 23.5 Å². The van der Waals surface area contributed by atoms with Gasteiger partial charge in [0.25, 0.3) is 0 Å². The minimum absolute atomic E-state index is 0.260. The Morgan fingerprint density at radius 3 is 2.55 bits per heavy atom. The lowest BCUT2D eigenvalue weighted by atomic mass is 10.1. The van der Waals surface area contributed by atoms with Gasteiger partial charge >= 0.3 is 5.97 Å². The van der Waals surface area contributed by atoms with Crippen LogP contribution in [0.5, 0.6) is 5.75 Å². The predicted molar refractivity (Wildman–Crippen MR) is 115 cm³/mol. The van der Waals surface area contributed by atoms with Crippen molar-refractivity contribution in [2.45, 2.75) is 0 Å². The van der Waals surface area contributed by atoms with Gasteiger partial charge in [0.05, 0.1) is 0 Å². The highest BCUT2D eigenvalue weighted by atomic mass is 32.1. The van der Waals surface area contributed by atoms with Crippen LogP contribution in [0.15, 0.2) is 88.7 Å². The summed E-state index contributed by atoms with van der Waals surface area (Å²) >= 11 is 1.53. The average Bonchev–Trinajstić information content (AvgIpc) is 3.41. The zero-order chi connectivity index (χ0) is 20.1. The van der Waals surface area contributed by atoms with Crippen LogP contribution < -0.4 is 4.74 Å². The van der Waals surface area contributed by atoms with Gasteiger partial charge in [0.15, 0.2) is 5.76 Å². The molecule has 4 aromatic rings. The topological polar surface area (TPSA) is 56.5 Å². The van der Waals surface area contributed by atoms with Crippen LogP contribution >= 0.6 is 11.3 Å². The van der Waals surface area contributed by atoms with E-state index >= 15 is 0 Å². The van der Waals surface area contributed by atoms with E-state index in [-0.39, 0.29) is 11.5 Å². The first-order valence-corrected chi connectivity index (χ1v) is 9.80. The summed E-state index contributed by atoms with van der Waals surface area (Å²) in [6.07, 6.45) is 6.11. The van der Waals surface area contributed by atoms with Crippen LogP contribution in [0.4, 0.5) is 0 Å². The van der Waals surface area contributed by atoms with Crippen molar-refractivity contribution in [2.24, 2.45) is 0 Å². The van der Waals surface area contributed by atoms with Crippen molar-refractivity contribution < 1.29 is 18.7 Å². The maximum atomic E-state index is 12.5. The van der Waals surface area contributed by atoms with Crippen molar-refractivity contribution in [3.05, 3.63) is 100 Å². The number of ketones is 1. The van der Waals surface area contributed by atoms with Crippen LogP contribution in [0.1, 0.15) is 21.0 Å². The number of hydrogen-bond donors (Lipinski definition) is 0. The monoisotopic (exact) mass is 400 g/mol. The molecule has 0 N–H and O–H groups in total. The Morgan fingerprint density at radius 2 is 1.72 bits per heavy atom. The zero-order valence-electron chi connectivity index (χ0n) is 15.3. The summed E-state index contributed by atoms with van der Waals surface area (Å²) in [4.78, 5) is 25.5. The second-order valence-electron chi connectivity index (χ2n) is 6.15. The SMILES string of the molecule is O=C(/C=C/c1cccs1)Oc1ccccc1/C=C/C(=O)c1cc2ccccc2o1. The first kappa shape index (κ1) is 18.7. The van der Waals surface area contributed by atoms with Gasteiger partial charge in [-0.2, -0.15) is 0 Å². The van der Waals surface area contributed by atoms with Gasteiger partial charge < -0.3 is 9.15 Å². The molecule has 2 aromatic carbocycles. The molecule has 0 radical (unpaired) electrons. The molecule has 0 saturated heterocycles. The Balaban J connectivity index is 1.48. The van der Waals surface area contributed by atoms with E-state index in [0.29, 0.717) is 16.9 Å². The molecule has 2 heterocycles. The lowest BCUT2D eigenvalue weighted by Crippen LogP contribution is -2.04. The molecule has 0 aliphatic heterocycles. The Kier molecular flexibility index (Phi) is 5.49. The number of allylic oxidation sites excluding steroid dienone is 1. The Labute approximate surface area is 171 Å². The molecule has 0 aliphatic rings. The highest BCUT2D eigenvalue weighted by molar-refractivity contribution is 7.10. The van der Waals surface area contributed by atoms with E-state index in [1.54, 1.807) is 36.4 Å². The van der Waals surface area contributed by atoms with Gasteiger partial charge in [0.1, 0.15) is 11.3 Å². The van der Waals surface area contributed by atoms with Crippen molar-refractivity contribution in [3.8, 4) is 5.75 Å². The molecule has 0 spiro atoms. The van der Waals surface area contributed by atoms with Crippen LogP contribution in [-0.4, -0.2) is 11.8 Å². The third-order valence-corrected chi connectivity index (χ3v) is 4.98. The second kappa shape index (κ2) is 8.54. The van der Waals surface area contributed by atoms with E-state index in [2.05, 4.69) is 0 Å². The molecular weight excluding hydrogens is 384 g/mol. The van der Waals surface area contributed by atoms with Crippen molar-refractivity contribution in [3.63, 3.8) is 0 Å². The number of ether oxygens (including phenoxy) is 1. The molecule has 4 rings (SSSR count). The van der Waals surface area contributed by atoms with Crippen molar-refractivity contribution in [1.82, 2.24) is 0 Å². The van der Waals surface area contributed by atoms with Crippen molar-refractivity contribution in [2.75, 3.05) is 0 Å². The number of furan rings is 1. The van der Waals surface area contributed by atoms with Crippen LogP contribution in [0.2, 0.25) is 0 Å². The number of thiophene rings is 1. The van der Waals surface area contributed by atoms with Crippen molar-refractivity contribution >= 4 is 46.2 Å². The van der Waals surface area contributed by atoms with Gasteiger partial charge in [0, 0.05) is 21.9 Å². The molecule has 0 unspecified atom stereocenters. The highest BCUT2D eigenvalue weighted by Crippen LogP contribution is 2.22. The molecule has 0 saturated carbocycles. The molecule has 0 amide bonds. The number of carbonyl (C=O) groups is 2. The summed E-state index contributed by atoms with van der Waals surface area (Å²) in [5.41, 5.74) is 1.28. The summed E-state index contributed by atoms with van der Waals surface area (Å²) in [7, 11) is 0. The molecule has 142 valence electrons. The molecule has 0 aliphatic carbocycles. The number of rotatable bonds is 6. The average molecular weight is 400 g/mol. The fourth-order valence-corrected chi connectivity index (χ4v) is 3.36. The summed E-state index contributed by atoms with van der Waals surface area (Å²) in [6, 6.07) is 20.0. The van der Waals surface area contributed by atoms with Gasteiger partial charge in [0.2, 0.25) is 5.78 Å². The lowest BCUT2D eigenvalue weighted by Gasteiger charge is -2.05. The number of fused-ring (bicyclic) bond motifs is 1. The summed E-state index contributed by atoms with van der Waals surface area (Å²) < 4.78 is 11.0. The normalized spacial score (nSPS) is 11.4. The Morgan fingerprint density at radius 1 is 0.897 bits per heavy atom. The Hall–Kier alpha value is -3.70. The smallest absolute Gasteiger partial charge is 0.336 e. The van der Waals surface area contributed by atoms with Crippen LogP contribution in [-0.2, 0) is 4.79 Å². The van der Waals surface area contributed by atoms with Gasteiger partial charge in [-0.3, -0.25) is 4.79 Å². The third kappa shape index (κ3) is 4.59. The maximum Gasteiger partial charge on any atom is 0.336 e. The molecule has 29 heavy (non-hydrogen) atoms. The number of hydrogen-bond acceptors (Lipinski definition) is 5. The molecule has 0 fully saturated rings. The van der Waals surface area contributed by atoms with Crippen LogP contribution in [0, 0.1) is 0 Å². The van der Waals surface area contributed by atoms with Gasteiger partial charge in [-0.05, 0) is 47.9 Å². The quantitative estimate of drug-likeness (QED) is 0.172. The summed E-state index contributed by atoms with van der Waals surface area (Å²) in [6.45, 7) is 0. The molecular formula is C24H16O4S. The number of esters is 1. The highest BCUT2D eigenvalue weighted by Gasteiger charge is 2.10. The number of carbonyl (C=O) groups excluding carboxylic acids is 2. The first-order chi connectivity index (χ1) is 14.2. The van der Waals surface area contributed by atoms with E-state index < -0.39 is 5.97 Å². The van der Waals surface area contributed by atoms with Crippen LogP contribution in [0.3, 0.4) is 0 Å². The standard InChI is InChI=1S/C24H16O4S/c25-20(23-16-18-7-2-4-10-22(18)27-23)13-11-17-6-1-3-9-21(17)28-24(26)14-12-19-8-5-15-29-19/h1-16H/b13-11+,14-12+. The largest absolute Gasteiger partial charge is 0.453 e. The van der Waals surface area contributed by atoms with Crippen molar-refractivity contribution in [1.29, 1.82) is 0 Å². The van der Waals surface area contributed by atoms with Crippen LogP contribution in [0.25, 0.3) is 23.1 Å². The number of benzene rings is 2. The summed E-state index contributed by atoms with van der Waals surface area (Å²) in [5, 5.41) is 2.81. The van der Waals surface area contributed by atoms with E-state index in [1.807, 2.05) is 47.8 Å². The molecule has 4 nitrogen and oxygen atoms in total. The third-order valence-electron chi connectivity index (χ3n) is 4.14. The number of para-hydroxylation sites is 2. The van der Waals surface area contributed by atoms with Gasteiger partial charge in [-0.25, -0.2) is 4.79 Å². The van der Waals surface area contributed by atoms with Gasteiger partial charge in [-0.1, -0.05) is 42.5 Å². The minimum Gasteiger partial charge on any atom is -0.453 e. The van der Waals surface area contributed by atoms with E-state index in [9.17, 15) is 9.59 Å². The molecule has 2 aromatic heterocycles. The summed E-state index contributed by atoms with van der Waals surface area (Å²) in [5.74, 6) is -0.111.